The lowest BCUT2D eigenvalue weighted by Crippen LogP contribution is -2.41. The number of amides is 1. The summed E-state index contributed by atoms with van der Waals surface area (Å²) in [6.07, 6.45) is 2.36. The monoisotopic (exact) mass is 247 g/mol. The van der Waals surface area contributed by atoms with Crippen LogP contribution in [0.5, 0.6) is 0 Å². The Balaban J connectivity index is 2.20. The van der Waals surface area contributed by atoms with E-state index in [-0.39, 0.29) is 5.91 Å². The zero-order valence-electron chi connectivity index (χ0n) is 10.8. The minimum atomic E-state index is -0.803. The number of H-pyrrole nitrogens is 1. The smallest absolute Gasteiger partial charge is 0.256 e. The predicted molar refractivity (Wildman–Crippen MR) is 70.4 cm³/mol. The molecule has 1 amide bonds. The lowest BCUT2D eigenvalue weighted by Gasteiger charge is -2.25. The molecule has 18 heavy (non-hydrogen) atoms. The van der Waals surface area contributed by atoms with Crippen LogP contribution in [0, 0.1) is 0 Å². The number of ether oxygens (including phenoxy) is 1. The number of carbonyl (C=O) groups is 1. The number of carbonyl (C=O) groups excluding carboxylic acids is 1. The van der Waals surface area contributed by atoms with E-state index in [2.05, 4.69) is 15.5 Å². The minimum Gasteiger partial charge on any atom is -0.369 e. The number of nitrogens with one attached hydrogen (secondary N) is 2. The molecule has 0 radical (unpaired) electrons. The van der Waals surface area contributed by atoms with Crippen LogP contribution in [0.25, 0.3) is 10.9 Å². The molecular weight excluding hydrogens is 230 g/mol. The van der Waals surface area contributed by atoms with E-state index in [4.69, 9.17) is 4.74 Å². The Morgan fingerprint density at radius 3 is 3.00 bits per heavy atom. The number of benzene rings is 1. The maximum Gasteiger partial charge on any atom is 0.256 e. The molecule has 1 aromatic heterocycles. The number of hydrogen-bond donors (Lipinski definition) is 2. The second-order valence-corrected chi connectivity index (χ2v) is 4.41. The summed E-state index contributed by atoms with van der Waals surface area (Å²) in [7, 11) is 1.54. The van der Waals surface area contributed by atoms with Crippen LogP contribution in [0.3, 0.4) is 0 Å². The van der Waals surface area contributed by atoms with E-state index in [9.17, 15) is 4.79 Å². The van der Waals surface area contributed by atoms with Gasteiger partial charge in [-0.25, -0.2) is 0 Å². The number of anilines is 1. The highest BCUT2D eigenvalue weighted by Crippen LogP contribution is 2.20. The summed E-state index contributed by atoms with van der Waals surface area (Å²) >= 11 is 0. The van der Waals surface area contributed by atoms with E-state index >= 15 is 0 Å². The van der Waals surface area contributed by atoms with Crippen molar-refractivity contribution in [3.05, 3.63) is 24.4 Å². The minimum absolute atomic E-state index is 0.147. The van der Waals surface area contributed by atoms with Gasteiger partial charge in [0.15, 0.2) is 0 Å². The molecule has 0 fully saturated rings. The fourth-order valence-corrected chi connectivity index (χ4v) is 1.68. The van der Waals surface area contributed by atoms with Gasteiger partial charge in [0.05, 0.1) is 11.7 Å². The molecule has 2 rings (SSSR count). The number of aromatic nitrogens is 2. The van der Waals surface area contributed by atoms with Gasteiger partial charge >= 0.3 is 0 Å². The third-order valence-electron chi connectivity index (χ3n) is 3.31. The lowest BCUT2D eigenvalue weighted by atomic mass is 10.0. The Hall–Kier alpha value is -1.88. The average molecular weight is 247 g/mol. The molecule has 2 N–H and O–H groups in total. The van der Waals surface area contributed by atoms with Gasteiger partial charge in [0.25, 0.3) is 5.91 Å². The number of methoxy groups -OCH3 is 1. The van der Waals surface area contributed by atoms with Crippen LogP contribution in [0.4, 0.5) is 5.69 Å². The molecule has 0 aliphatic heterocycles. The SMILES string of the molecule is CCC(C)(OC)C(=O)Nc1ccc2cn[nH]c2c1. The Morgan fingerprint density at radius 2 is 2.33 bits per heavy atom. The number of nitrogens with zero attached hydrogens (tertiary/aromatic N) is 1. The fourth-order valence-electron chi connectivity index (χ4n) is 1.68. The zero-order valence-corrected chi connectivity index (χ0v) is 10.8. The van der Waals surface area contributed by atoms with Gasteiger partial charge in [-0.2, -0.15) is 5.10 Å². The van der Waals surface area contributed by atoms with Crippen molar-refractivity contribution < 1.29 is 9.53 Å². The van der Waals surface area contributed by atoms with Gasteiger partial charge < -0.3 is 10.1 Å². The zero-order chi connectivity index (χ0) is 13.2. The molecular formula is C13H17N3O2. The van der Waals surface area contributed by atoms with Gasteiger partial charge in [0, 0.05) is 18.2 Å². The van der Waals surface area contributed by atoms with Crippen molar-refractivity contribution in [1.29, 1.82) is 0 Å². The molecule has 1 atom stereocenters. The number of fused-ring (bicyclic) bond motifs is 1. The van der Waals surface area contributed by atoms with Gasteiger partial charge in [0.1, 0.15) is 5.60 Å². The molecule has 1 aromatic carbocycles. The highest BCUT2D eigenvalue weighted by atomic mass is 16.5. The van der Waals surface area contributed by atoms with Crippen molar-refractivity contribution in [3.8, 4) is 0 Å². The highest BCUT2D eigenvalue weighted by molar-refractivity contribution is 5.98. The first-order valence-electron chi connectivity index (χ1n) is 5.89. The van der Waals surface area contributed by atoms with Crippen LogP contribution >= 0.6 is 0 Å². The van der Waals surface area contributed by atoms with Crippen LogP contribution < -0.4 is 5.32 Å². The first-order valence-corrected chi connectivity index (χ1v) is 5.89. The van der Waals surface area contributed by atoms with Gasteiger partial charge in [-0.3, -0.25) is 9.89 Å². The van der Waals surface area contributed by atoms with Gasteiger partial charge in [-0.1, -0.05) is 6.92 Å². The maximum atomic E-state index is 12.1. The molecule has 0 spiro atoms. The van der Waals surface area contributed by atoms with Gasteiger partial charge in [0.2, 0.25) is 0 Å². The topological polar surface area (TPSA) is 67.0 Å². The maximum absolute atomic E-state index is 12.1. The van der Waals surface area contributed by atoms with E-state index in [0.29, 0.717) is 6.42 Å². The van der Waals surface area contributed by atoms with Crippen LogP contribution in [0.2, 0.25) is 0 Å². The lowest BCUT2D eigenvalue weighted by molar-refractivity contribution is -0.136. The summed E-state index contributed by atoms with van der Waals surface area (Å²) < 4.78 is 5.26. The molecule has 0 aliphatic carbocycles. The Labute approximate surface area is 106 Å². The molecule has 0 bridgehead atoms. The van der Waals surface area contributed by atoms with Crippen LogP contribution in [-0.2, 0) is 9.53 Å². The van der Waals surface area contributed by atoms with Crippen molar-refractivity contribution >= 4 is 22.5 Å². The van der Waals surface area contributed by atoms with Crippen LogP contribution in [0.1, 0.15) is 20.3 Å². The predicted octanol–water partition coefficient (Wildman–Crippen LogP) is 2.32. The normalized spacial score (nSPS) is 14.4. The number of aromatic amines is 1. The third kappa shape index (κ3) is 2.22. The molecule has 0 aliphatic rings. The average Bonchev–Trinajstić information content (AvgIpc) is 2.85. The summed E-state index contributed by atoms with van der Waals surface area (Å²) in [6, 6.07) is 5.61. The van der Waals surface area contributed by atoms with E-state index in [1.54, 1.807) is 20.2 Å². The van der Waals surface area contributed by atoms with Crippen molar-refractivity contribution in [2.75, 3.05) is 12.4 Å². The molecule has 0 saturated heterocycles. The molecule has 5 heteroatoms. The largest absolute Gasteiger partial charge is 0.369 e. The summed E-state index contributed by atoms with van der Waals surface area (Å²) in [5.41, 5.74) is 0.819. The first kappa shape index (κ1) is 12.6. The van der Waals surface area contributed by atoms with Crippen molar-refractivity contribution in [1.82, 2.24) is 10.2 Å². The molecule has 0 saturated carbocycles. The summed E-state index contributed by atoms with van der Waals surface area (Å²) in [6.45, 7) is 3.69. The van der Waals surface area contributed by atoms with Gasteiger partial charge in [-0.15, -0.1) is 0 Å². The van der Waals surface area contributed by atoms with Gasteiger partial charge in [-0.05, 0) is 31.5 Å². The van der Waals surface area contributed by atoms with E-state index in [1.807, 2.05) is 25.1 Å². The van der Waals surface area contributed by atoms with E-state index in [1.165, 1.54) is 0 Å². The number of hydrogen-bond acceptors (Lipinski definition) is 3. The highest BCUT2D eigenvalue weighted by Gasteiger charge is 2.30. The Bertz CT molecular complexity index is 558. The molecule has 96 valence electrons. The fraction of sp³-hybridized carbons (Fsp3) is 0.385. The standard InChI is InChI=1S/C13H17N3O2/c1-4-13(2,18-3)12(17)15-10-6-5-9-8-14-16-11(9)7-10/h5-8H,4H2,1-3H3,(H,14,16)(H,15,17). The van der Waals surface area contributed by atoms with Crippen LogP contribution in [-0.4, -0.2) is 28.8 Å². The van der Waals surface area contributed by atoms with Crippen molar-refractivity contribution in [2.45, 2.75) is 25.9 Å². The van der Waals surface area contributed by atoms with E-state index < -0.39 is 5.60 Å². The second kappa shape index (κ2) is 4.78. The molecule has 1 unspecified atom stereocenters. The van der Waals surface area contributed by atoms with Crippen molar-refractivity contribution in [3.63, 3.8) is 0 Å². The first-order chi connectivity index (χ1) is 8.59. The Kier molecular flexibility index (Phi) is 3.34. The summed E-state index contributed by atoms with van der Waals surface area (Å²) in [5.74, 6) is -0.147. The summed E-state index contributed by atoms with van der Waals surface area (Å²) in [4.78, 5) is 12.1. The van der Waals surface area contributed by atoms with Crippen LogP contribution in [0.15, 0.2) is 24.4 Å². The second-order valence-electron chi connectivity index (χ2n) is 4.41. The third-order valence-corrected chi connectivity index (χ3v) is 3.31. The number of rotatable bonds is 4. The Morgan fingerprint density at radius 1 is 1.56 bits per heavy atom. The molecule has 2 aromatic rings. The quantitative estimate of drug-likeness (QED) is 0.871. The van der Waals surface area contributed by atoms with E-state index in [0.717, 1.165) is 16.6 Å². The summed E-state index contributed by atoms with van der Waals surface area (Å²) in [5, 5.41) is 10.7. The molecule has 1 heterocycles. The van der Waals surface area contributed by atoms with Crippen molar-refractivity contribution in [2.24, 2.45) is 0 Å². The molecule has 5 nitrogen and oxygen atoms in total.